The largest absolute Gasteiger partial charge is 0.324 e. The van der Waals surface area contributed by atoms with E-state index in [0.29, 0.717) is 11.4 Å². The van der Waals surface area contributed by atoms with E-state index in [0.717, 1.165) is 21.3 Å². The Morgan fingerprint density at radius 2 is 1.90 bits per heavy atom. The van der Waals surface area contributed by atoms with Crippen molar-refractivity contribution in [3.8, 4) is 0 Å². The highest BCUT2D eigenvalue weighted by Crippen LogP contribution is 2.25. The second-order valence-electron chi connectivity index (χ2n) is 4.44. The van der Waals surface area contributed by atoms with Gasteiger partial charge in [0.1, 0.15) is 5.69 Å². The van der Waals surface area contributed by atoms with E-state index in [1.807, 2.05) is 26.0 Å². The first-order valence-corrected chi connectivity index (χ1v) is 6.81. The summed E-state index contributed by atoms with van der Waals surface area (Å²) in [5.74, 6) is 5.05. The number of carbonyl (C=O) groups excluding carboxylic acids is 1. The van der Waals surface area contributed by atoms with Gasteiger partial charge >= 0.3 is 0 Å². The maximum absolute atomic E-state index is 12.2. The second-order valence-corrected chi connectivity index (χ2v) is 5.36. The fourth-order valence-corrected chi connectivity index (χ4v) is 2.62. The van der Waals surface area contributed by atoms with E-state index < -0.39 is 0 Å². The minimum Gasteiger partial charge on any atom is -0.324 e. The van der Waals surface area contributed by atoms with Crippen LogP contribution in [0, 0.1) is 13.8 Å². The Bertz CT molecular complexity index is 634. The number of nitrogen functional groups attached to an aromatic ring is 1. The van der Waals surface area contributed by atoms with Crippen LogP contribution in [0.25, 0.3) is 0 Å². The zero-order chi connectivity index (χ0) is 14.7. The van der Waals surface area contributed by atoms with Crippen molar-refractivity contribution in [3.05, 3.63) is 51.8 Å². The van der Waals surface area contributed by atoms with Crippen molar-refractivity contribution in [2.45, 2.75) is 13.8 Å². The zero-order valence-electron chi connectivity index (χ0n) is 11.2. The van der Waals surface area contributed by atoms with Crippen molar-refractivity contribution in [3.63, 3.8) is 0 Å². The molecule has 0 aliphatic carbocycles. The van der Waals surface area contributed by atoms with Crippen LogP contribution in [0.5, 0.6) is 0 Å². The molecule has 20 heavy (non-hydrogen) atoms. The molecule has 0 radical (unpaired) electrons. The van der Waals surface area contributed by atoms with Crippen LogP contribution in [0.15, 0.2) is 34.9 Å². The Morgan fingerprint density at radius 3 is 2.50 bits per heavy atom. The van der Waals surface area contributed by atoms with E-state index in [2.05, 4.69) is 31.7 Å². The number of carbonyl (C=O) groups is 1. The minimum atomic E-state index is -0.268. The molecule has 1 heterocycles. The van der Waals surface area contributed by atoms with Gasteiger partial charge in [0, 0.05) is 16.4 Å². The molecule has 1 aromatic carbocycles. The van der Waals surface area contributed by atoms with Crippen LogP contribution in [-0.4, -0.2) is 10.9 Å². The number of amides is 1. The number of aromatic nitrogens is 1. The topological polar surface area (TPSA) is 80.0 Å². The predicted octanol–water partition coefficient (Wildman–Crippen LogP) is 3.00. The highest BCUT2D eigenvalue weighted by Gasteiger charge is 2.12. The van der Waals surface area contributed by atoms with Gasteiger partial charge < -0.3 is 10.7 Å². The normalized spacial score (nSPS) is 10.2. The molecule has 0 saturated heterocycles. The molecule has 0 atom stereocenters. The molecule has 0 spiro atoms. The van der Waals surface area contributed by atoms with E-state index in [1.165, 1.54) is 6.20 Å². The maximum Gasteiger partial charge on any atom is 0.274 e. The van der Waals surface area contributed by atoms with E-state index in [4.69, 9.17) is 5.84 Å². The van der Waals surface area contributed by atoms with Crippen LogP contribution in [0.3, 0.4) is 0 Å². The summed E-state index contributed by atoms with van der Waals surface area (Å²) in [5.41, 5.74) is 6.20. The number of hydrogen-bond donors (Lipinski definition) is 3. The average Bonchev–Trinajstić information content (AvgIpc) is 2.42. The van der Waals surface area contributed by atoms with Crippen molar-refractivity contribution < 1.29 is 4.79 Å². The third-order valence-electron chi connectivity index (χ3n) is 2.90. The lowest BCUT2D eigenvalue weighted by Gasteiger charge is -2.12. The van der Waals surface area contributed by atoms with Crippen LogP contribution in [-0.2, 0) is 0 Å². The number of aryl methyl sites for hydroxylation is 2. The van der Waals surface area contributed by atoms with E-state index in [9.17, 15) is 4.79 Å². The molecule has 0 fully saturated rings. The fraction of sp³-hybridized carbons (Fsp3) is 0.143. The van der Waals surface area contributed by atoms with Crippen molar-refractivity contribution in [2.75, 3.05) is 10.7 Å². The first-order valence-electron chi connectivity index (χ1n) is 6.02. The molecule has 0 aliphatic rings. The Morgan fingerprint density at radius 1 is 1.25 bits per heavy atom. The number of benzene rings is 1. The predicted molar refractivity (Wildman–Crippen MR) is 83.6 cm³/mol. The SMILES string of the molecule is Cc1cc(Br)cc(C)c1NC(=O)c1cc(NN)ccn1. The first kappa shape index (κ1) is 14.5. The summed E-state index contributed by atoms with van der Waals surface area (Å²) in [4.78, 5) is 16.3. The molecule has 2 aromatic rings. The molecule has 0 saturated carbocycles. The molecule has 1 amide bonds. The van der Waals surface area contributed by atoms with Gasteiger partial charge in [-0.2, -0.15) is 0 Å². The molecule has 6 heteroatoms. The fourth-order valence-electron chi connectivity index (χ4n) is 1.93. The Kier molecular flexibility index (Phi) is 4.36. The number of pyridine rings is 1. The molecule has 2 rings (SSSR count). The lowest BCUT2D eigenvalue weighted by atomic mass is 10.1. The minimum absolute atomic E-state index is 0.268. The van der Waals surface area contributed by atoms with Gasteiger partial charge in [-0.25, -0.2) is 0 Å². The van der Waals surface area contributed by atoms with Gasteiger partial charge in [-0.05, 0) is 49.2 Å². The molecular weight excluding hydrogens is 320 g/mol. The van der Waals surface area contributed by atoms with Crippen molar-refractivity contribution >= 4 is 33.2 Å². The van der Waals surface area contributed by atoms with Gasteiger partial charge in [-0.15, -0.1) is 0 Å². The highest BCUT2D eigenvalue weighted by molar-refractivity contribution is 9.10. The smallest absolute Gasteiger partial charge is 0.274 e. The maximum atomic E-state index is 12.2. The molecule has 4 N–H and O–H groups in total. The monoisotopic (exact) mass is 334 g/mol. The zero-order valence-corrected chi connectivity index (χ0v) is 12.8. The first-order chi connectivity index (χ1) is 9.51. The molecular formula is C14H15BrN4O. The summed E-state index contributed by atoms with van der Waals surface area (Å²) < 4.78 is 0.984. The van der Waals surface area contributed by atoms with Gasteiger partial charge in [0.05, 0.1) is 5.69 Å². The number of nitrogens with one attached hydrogen (secondary N) is 2. The second kappa shape index (κ2) is 6.02. The third-order valence-corrected chi connectivity index (χ3v) is 3.35. The molecule has 0 bridgehead atoms. The van der Waals surface area contributed by atoms with Crippen LogP contribution in [0.2, 0.25) is 0 Å². The van der Waals surface area contributed by atoms with Crippen molar-refractivity contribution in [1.82, 2.24) is 4.98 Å². The van der Waals surface area contributed by atoms with Crippen molar-refractivity contribution in [1.29, 1.82) is 0 Å². The van der Waals surface area contributed by atoms with E-state index >= 15 is 0 Å². The summed E-state index contributed by atoms with van der Waals surface area (Å²) >= 11 is 3.43. The van der Waals surface area contributed by atoms with Crippen LogP contribution in [0.4, 0.5) is 11.4 Å². The Labute approximate surface area is 125 Å². The van der Waals surface area contributed by atoms with Gasteiger partial charge in [-0.1, -0.05) is 15.9 Å². The standard InChI is InChI=1S/C14H15BrN4O/c1-8-5-10(15)6-9(2)13(8)18-14(20)12-7-11(19-16)3-4-17-12/h3-7H,16H2,1-2H3,(H,17,19)(H,18,20). The Balaban J connectivity index is 2.28. The van der Waals surface area contributed by atoms with Crippen molar-refractivity contribution in [2.24, 2.45) is 5.84 Å². The van der Waals surface area contributed by atoms with Crippen LogP contribution in [0.1, 0.15) is 21.6 Å². The third kappa shape index (κ3) is 3.15. The number of nitrogens with zero attached hydrogens (tertiary/aromatic N) is 1. The number of halogens is 1. The van der Waals surface area contributed by atoms with E-state index in [1.54, 1.807) is 12.1 Å². The quantitative estimate of drug-likeness (QED) is 0.595. The lowest BCUT2D eigenvalue weighted by molar-refractivity contribution is 0.102. The molecule has 104 valence electrons. The molecule has 1 aromatic heterocycles. The highest BCUT2D eigenvalue weighted by atomic mass is 79.9. The van der Waals surface area contributed by atoms with Gasteiger partial charge in [0.2, 0.25) is 0 Å². The summed E-state index contributed by atoms with van der Waals surface area (Å²) in [6.07, 6.45) is 1.53. The number of rotatable bonds is 3. The summed E-state index contributed by atoms with van der Waals surface area (Å²) in [6, 6.07) is 7.19. The lowest BCUT2D eigenvalue weighted by Crippen LogP contribution is -2.16. The van der Waals surface area contributed by atoms with Crippen LogP contribution >= 0.6 is 15.9 Å². The molecule has 0 aliphatic heterocycles. The van der Waals surface area contributed by atoms with E-state index in [-0.39, 0.29) is 5.91 Å². The molecule has 5 nitrogen and oxygen atoms in total. The van der Waals surface area contributed by atoms with Crippen LogP contribution < -0.4 is 16.6 Å². The van der Waals surface area contributed by atoms with Gasteiger partial charge in [0.15, 0.2) is 0 Å². The number of hydrogen-bond acceptors (Lipinski definition) is 4. The summed E-state index contributed by atoms with van der Waals surface area (Å²) in [7, 11) is 0. The van der Waals surface area contributed by atoms with Gasteiger partial charge in [0.25, 0.3) is 5.91 Å². The average molecular weight is 335 g/mol. The molecule has 0 unspecified atom stereocenters. The summed E-state index contributed by atoms with van der Waals surface area (Å²) in [5, 5.41) is 2.88. The number of nitrogens with two attached hydrogens (primary N) is 1. The summed E-state index contributed by atoms with van der Waals surface area (Å²) in [6.45, 7) is 3.89. The number of hydrazine groups is 1. The number of anilines is 2. The Hall–Kier alpha value is -1.92. The van der Waals surface area contributed by atoms with Gasteiger partial charge in [-0.3, -0.25) is 15.6 Å².